The van der Waals surface area contributed by atoms with E-state index in [1.807, 2.05) is 0 Å². The van der Waals surface area contributed by atoms with Crippen LogP contribution in [0.2, 0.25) is 0 Å². The van der Waals surface area contributed by atoms with Crippen LogP contribution in [0, 0.1) is 0 Å². The van der Waals surface area contributed by atoms with Crippen molar-refractivity contribution < 1.29 is 9.57 Å². The number of nitrogens with zero attached hydrogens (tertiary/aromatic N) is 3. The number of hydrogen-bond acceptors (Lipinski definition) is 5. The maximum atomic E-state index is 5.67. The van der Waals surface area contributed by atoms with E-state index in [9.17, 15) is 0 Å². The molecule has 0 bridgehead atoms. The van der Waals surface area contributed by atoms with Gasteiger partial charge in [-0.15, -0.1) is 0 Å². The van der Waals surface area contributed by atoms with E-state index in [0.717, 1.165) is 57.9 Å². The van der Waals surface area contributed by atoms with Crippen LogP contribution in [0.3, 0.4) is 0 Å². The number of ether oxygens (including phenoxy) is 1. The van der Waals surface area contributed by atoms with Crippen molar-refractivity contribution in [3.63, 3.8) is 0 Å². The minimum absolute atomic E-state index is 0.663. The van der Waals surface area contributed by atoms with Crippen molar-refractivity contribution in [2.75, 3.05) is 57.9 Å². The van der Waals surface area contributed by atoms with Gasteiger partial charge >= 0.3 is 0 Å². The van der Waals surface area contributed by atoms with E-state index in [2.05, 4.69) is 51.9 Å². The Morgan fingerprint density at radius 1 is 1.17 bits per heavy atom. The summed E-state index contributed by atoms with van der Waals surface area (Å²) in [6, 6.07) is 10.7. The highest BCUT2D eigenvalue weighted by atomic mass is 16.6. The Labute approximate surface area is 145 Å². The number of oxime groups is 1. The molecular formula is C19H29N3O2. The van der Waals surface area contributed by atoms with Crippen molar-refractivity contribution in [1.82, 2.24) is 4.90 Å². The summed E-state index contributed by atoms with van der Waals surface area (Å²) in [6.07, 6.45) is 3.52. The van der Waals surface area contributed by atoms with Gasteiger partial charge in [0, 0.05) is 51.4 Å². The van der Waals surface area contributed by atoms with Gasteiger partial charge in [-0.05, 0) is 24.6 Å². The molecule has 0 atom stereocenters. The lowest BCUT2D eigenvalue weighted by Crippen LogP contribution is -2.46. The summed E-state index contributed by atoms with van der Waals surface area (Å²) in [5.41, 5.74) is 2.16. The molecule has 1 fully saturated rings. The molecule has 0 aromatic heterocycles. The van der Waals surface area contributed by atoms with Crippen LogP contribution in [0.25, 0.3) is 0 Å². The minimum atomic E-state index is 0.663. The molecule has 5 nitrogen and oxygen atoms in total. The molecule has 0 radical (unpaired) electrons. The molecule has 0 unspecified atom stereocenters. The normalized spacial score (nSPS) is 16.2. The summed E-state index contributed by atoms with van der Waals surface area (Å²) in [4.78, 5) is 9.72. The van der Waals surface area contributed by atoms with Gasteiger partial charge < -0.3 is 14.5 Å². The molecule has 0 spiro atoms. The Morgan fingerprint density at radius 2 is 1.92 bits per heavy atom. The summed E-state index contributed by atoms with van der Waals surface area (Å²) in [7, 11) is 1.54. The maximum absolute atomic E-state index is 5.67. The maximum Gasteiger partial charge on any atom is 0.106 e. The Kier molecular flexibility index (Phi) is 8.35. The van der Waals surface area contributed by atoms with Crippen molar-refractivity contribution in [2.45, 2.75) is 12.8 Å². The van der Waals surface area contributed by atoms with Crippen LogP contribution in [0.4, 0.5) is 5.69 Å². The summed E-state index contributed by atoms with van der Waals surface area (Å²) in [5.74, 6) is 0. The quantitative estimate of drug-likeness (QED) is 0.375. The van der Waals surface area contributed by atoms with Crippen LogP contribution in [0.1, 0.15) is 12.8 Å². The van der Waals surface area contributed by atoms with E-state index in [1.54, 1.807) is 13.2 Å². The van der Waals surface area contributed by atoms with Gasteiger partial charge in [0.25, 0.3) is 0 Å². The van der Waals surface area contributed by atoms with Crippen LogP contribution < -0.4 is 4.90 Å². The first-order chi connectivity index (χ1) is 11.8. The summed E-state index contributed by atoms with van der Waals surface area (Å²) < 4.78 is 5.67. The number of rotatable bonds is 10. The number of para-hydroxylation sites is 1. The van der Waals surface area contributed by atoms with Gasteiger partial charge in [-0.1, -0.05) is 29.9 Å². The fourth-order valence-corrected chi connectivity index (χ4v) is 2.84. The van der Waals surface area contributed by atoms with Crippen molar-refractivity contribution >= 4 is 11.4 Å². The molecule has 1 aromatic rings. The largest absolute Gasteiger partial charge is 0.399 e. The van der Waals surface area contributed by atoms with E-state index >= 15 is 0 Å². The highest BCUT2D eigenvalue weighted by molar-refractivity contribution is 5.94. The number of anilines is 1. The zero-order valence-electron chi connectivity index (χ0n) is 14.7. The molecular weight excluding hydrogens is 302 g/mol. The average molecular weight is 331 g/mol. The second-order valence-electron chi connectivity index (χ2n) is 5.85. The highest BCUT2D eigenvalue weighted by Gasteiger charge is 2.16. The van der Waals surface area contributed by atoms with Crippen LogP contribution >= 0.6 is 0 Å². The van der Waals surface area contributed by atoms with E-state index in [0.29, 0.717) is 6.61 Å². The van der Waals surface area contributed by atoms with Crippen LogP contribution in [0.15, 0.2) is 48.1 Å². The zero-order valence-corrected chi connectivity index (χ0v) is 14.7. The number of hydrogen-bond donors (Lipinski definition) is 0. The minimum Gasteiger partial charge on any atom is -0.399 e. The molecule has 0 aliphatic carbocycles. The fourth-order valence-electron chi connectivity index (χ4n) is 2.84. The number of benzene rings is 1. The van der Waals surface area contributed by atoms with Gasteiger partial charge in [0.05, 0.1) is 12.3 Å². The number of piperazine rings is 1. The Morgan fingerprint density at radius 3 is 2.58 bits per heavy atom. The predicted molar refractivity (Wildman–Crippen MR) is 99.8 cm³/mol. The fraction of sp³-hybridized carbons (Fsp3) is 0.526. The smallest absolute Gasteiger partial charge is 0.106 e. The van der Waals surface area contributed by atoms with Crippen molar-refractivity contribution in [1.29, 1.82) is 0 Å². The lowest BCUT2D eigenvalue weighted by atomic mass is 10.2. The third-order valence-electron chi connectivity index (χ3n) is 4.20. The monoisotopic (exact) mass is 331 g/mol. The lowest BCUT2D eigenvalue weighted by Gasteiger charge is -2.36. The van der Waals surface area contributed by atoms with Gasteiger partial charge in [0.15, 0.2) is 0 Å². The van der Waals surface area contributed by atoms with Crippen LogP contribution in [-0.2, 0) is 9.57 Å². The first kappa shape index (κ1) is 18.5. The third-order valence-corrected chi connectivity index (χ3v) is 4.20. The predicted octanol–water partition coefficient (Wildman–Crippen LogP) is 2.79. The van der Waals surface area contributed by atoms with E-state index < -0.39 is 0 Å². The summed E-state index contributed by atoms with van der Waals surface area (Å²) in [5, 5.41) is 3.87. The molecule has 2 rings (SSSR count). The van der Waals surface area contributed by atoms with Crippen molar-refractivity contribution in [2.24, 2.45) is 5.16 Å². The molecule has 1 aliphatic rings. The molecule has 1 aliphatic heterocycles. The van der Waals surface area contributed by atoms with Gasteiger partial charge in [0.1, 0.15) is 7.11 Å². The SMILES string of the molecule is C=C/C(CCOCCCN1CCN(c2ccccc2)CC1)=N\OC. The highest BCUT2D eigenvalue weighted by Crippen LogP contribution is 2.15. The molecule has 5 heteroatoms. The summed E-state index contributed by atoms with van der Waals surface area (Å²) in [6.45, 7) is 10.7. The molecule has 0 N–H and O–H groups in total. The molecule has 1 aromatic carbocycles. The van der Waals surface area contributed by atoms with Crippen molar-refractivity contribution in [3.8, 4) is 0 Å². The standard InChI is InChI=1S/C19H29N3O2/c1-3-18(20-23-2)10-17-24-16-7-11-21-12-14-22(15-13-21)19-8-5-4-6-9-19/h3-6,8-9H,1,7,10-17H2,2H3/b20-18+. The van der Waals surface area contributed by atoms with Crippen molar-refractivity contribution in [3.05, 3.63) is 43.0 Å². The average Bonchev–Trinajstić information content (AvgIpc) is 2.65. The molecule has 1 saturated heterocycles. The number of allylic oxidation sites excluding steroid dienone is 1. The lowest BCUT2D eigenvalue weighted by molar-refractivity contribution is 0.124. The van der Waals surface area contributed by atoms with Gasteiger partial charge in [-0.3, -0.25) is 4.90 Å². The second-order valence-corrected chi connectivity index (χ2v) is 5.85. The molecule has 1 heterocycles. The Bertz CT molecular complexity index is 497. The Hall–Kier alpha value is -1.85. The molecule has 0 amide bonds. The van der Waals surface area contributed by atoms with Crippen LogP contribution in [0.5, 0.6) is 0 Å². The molecule has 132 valence electrons. The van der Waals surface area contributed by atoms with Gasteiger partial charge in [0.2, 0.25) is 0 Å². The zero-order chi connectivity index (χ0) is 17.0. The topological polar surface area (TPSA) is 37.3 Å². The van der Waals surface area contributed by atoms with E-state index in [1.165, 1.54) is 5.69 Å². The van der Waals surface area contributed by atoms with Gasteiger partial charge in [-0.25, -0.2) is 0 Å². The van der Waals surface area contributed by atoms with Gasteiger partial charge in [-0.2, -0.15) is 0 Å². The summed E-state index contributed by atoms with van der Waals surface area (Å²) >= 11 is 0. The first-order valence-corrected chi connectivity index (χ1v) is 8.66. The van der Waals surface area contributed by atoms with E-state index in [-0.39, 0.29) is 0 Å². The molecule has 24 heavy (non-hydrogen) atoms. The Balaban J connectivity index is 1.54. The van der Waals surface area contributed by atoms with E-state index in [4.69, 9.17) is 9.57 Å². The molecule has 0 saturated carbocycles. The first-order valence-electron chi connectivity index (χ1n) is 8.66. The second kappa shape index (κ2) is 10.8. The third kappa shape index (κ3) is 6.34. The van der Waals surface area contributed by atoms with Crippen LogP contribution in [-0.4, -0.2) is 63.7 Å².